The van der Waals surface area contributed by atoms with E-state index in [1.807, 2.05) is 0 Å². The Morgan fingerprint density at radius 3 is 1.35 bits per heavy atom. The maximum atomic E-state index is 5.70. The second-order valence-corrected chi connectivity index (χ2v) is 33.8. The zero-order valence-corrected chi connectivity index (χ0v) is 63.9. The summed E-state index contributed by atoms with van der Waals surface area (Å²) in [5, 5.41) is 16.5. The Morgan fingerprint density at radius 1 is 0.243 bits per heavy atom. The summed E-state index contributed by atoms with van der Waals surface area (Å²) in [6.07, 6.45) is 0. The van der Waals surface area contributed by atoms with Crippen molar-refractivity contribution < 1.29 is 0 Å². The van der Waals surface area contributed by atoms with Crippen LogP contribution in [0.15, 0.2) is 359 Å². The molecule has 2 aliphatic heterocycles. The third kappa shape index (κ3) is 9.06. The van der Waals surface area contributed by atoms with E-state index in [-0.39, 0.29) is 5.41 Å². The highest BCUT2D eigenvalue weighted by Crippen LogP contribution is 2.54. The molecule has 0 radical (unpaired) electrons. The van der Waals surface area contributed by atoms with Crippen LogP contribution in [0.3, 0.4) is 0 Å². The van der Waals surface area contributed by atoms with Crippen molar-refractivity contribution in [3.63, 3.8) is 0 Å². The molecule has 3 aliphatic rings. The Kier molecular flexibility index (Phi) is 13.0. The van der Waals surface area contributed by atoms with Gasteiger partial charge in [0.25, 0.3) is 0 Å². The standard InChI is InChI=1S/C105H62N8S2/c1-105(2)83-47-41-69(110-88-48-39-63(52-81(88)82-50-60-19-6-7-20-61(60)54-93(82)110)65-36-43-73-72-24-10-13-29-87(72)112(90(73)55-65)103-106-85-27-16-32-96-98(85)100(108-103)77-25-11-14-30-94(77)114-96)58-79(83)71-42-35-64(53-84(71)105)67-38-45-75-74-44-37-66(62-40-49-89-80(51-62)76-46-34-59-18-8-9-23-70(59)102(76)111(89)68-21-4-3-5-22-68)56-91(74)113(92(75)57-67)104-107-86-28-17-33-97-99(86)101(109-104)78-26-12-15-31-95(78)115-97/h3-58H,1-2H3. The van der Waals surface area contributed by atoms with E-state index >= 15 is 0 Å². The van der Waals surface area contributed by atoms with Crippen molar-refractivity contribution in [1.29, 1.82) is 0 Å². The number of rotatable bonds is 7. The molecule has 17 aromatic carbocycles. The van der Waals surface area contributed by atoms with Crippen LogP contribution >= 0.6 is 23.5 Å². The van der Waals surface area contributed by atoms with Crippen molar-refractivity contribution in [2.24, 2.45) is 0 Å². The van der Waals surface area contributed by atoms with Gasteiger partial charge in [-0.25, -0.2) is 19.9 Å². The number of nitrogens with zero attached hydrogens (tertiary/aromatic N) is 8. The molecule has 115 heavy (non-hydrogen) atoms. The third-order valence-electron chi connectivity index (χ3n) is 25.1. The summed E-state index contributed by atoms with van der Waals surface area (Å²) in [6, 6.07) is 126. The largest absolute Gasteiger partial charge is 0.309 e. The second-order valence-electron chi connectivity index (χ2n) is 31.6. The molecule has 23 aromatic rings. The van der Waals surface area contributed by atoms with Gasteiger partial charge in [-0.05, 0) is 199 Å². The lowest BCUT2D eigenvalue weighted by Crippen LogP contribution is -2.15. The molecule has 0 atom stereocenters. The Morgan fingerprint density at radius 2 is 0.704 bits per heavy atom. The Bertz CT molecular complexity index is 8340. The summed E-state index contributed by atoms with van der Waals surface area (Å²) in [5.74, 6) is 1.30. The minimum atomic E-state index is -0.306. The van der Waals surface area contributed by atoms with Gasteiger partial charge in [-0.3, -0.25) is 9.13 Å². The van der Waals surface area contributed by atoms with Gasteiger partial charge in [0.1, 0.15) is 0 Å². The molecule has 0 N–H and O–H groups in total. The molecule has 10 heteroatoms. The highest BCUT2D eigenvalue weighted by molar-refractivity contribution is 8.00. The van der Waals surface area contributed by atoms with E-state index in [1.54, 1.807) is 23.5 Å². The van der Waals surface area contributed by atoms with Crippen LogP contribution < -0.4 is 0 Å². The normalized spacial score (nSPS) is 13.3. The molecule has 8 nitrogen and oxygen atoms in total. The molecule has 8 heterocycles. The lowest BCUT2D eigenvalue weighted by molar-refractivity contribution is 0.660. The summed E-state index contributed by atoms with van der Waals surface area (Å²) in [4.78, 5) is 26.9. The van der Waals surface area contributed by atoms with Crippen LogP contribution in [0.5, 0.6) is 0 Å². The fourth-order valence-electron chi connectivity index (χ4n) is 19.8. The van der Waals surface area contributed by atoms with E-state index in [0.29, 0.717) is 11.9 Å². The summed E-state index contributed by atoms with van der Waals surface area (Å²) >= 11 is 3.59. The number of benzene rings is 17. The minimum Gasteiger partial charge on any atom is -0.309 e. The van der Waals surface area contributed by atoms with Crippen LogP contribution in [-0.2, 0) is 5.41 Å². The van der Waals surface area contributed by atoms with E-state index in [2.05, 4.69) is 372 Å². The van der Waals surface area contributed by atoms with Crippen LogP contribution in [0.2, 0.25) is 0 Å². The topological polar surface area (TPSA) is 71.3 Å². The van der Waals surface area contributed by atoms with Gasteiger partial charge < -0.3 is 9.13 Å². The van der Waals surface area contributed by atoms with E-state index in [1.165, 1.54) is 101 Å². The summed E-state index contributed by atoms with van der Waals surface area (Å²) in [7, 11) is 0. The Balaban J connectivity index is 0.607. The van der Waals surface area contributed by atoms with Crippen LogP contribution in [0.4, 0.5) is 0 Å². The summed E-state index contributed by atoms with van der Waals surface area (Å²) in [5.41, 5.74) is 28.8. The SMILES string of the molecule is CC1(C)c2ccc(-n3c4ccc(-c5ccc6c7ccccc7n(-c7nc8c9c(cccc9n7)Sc7ccccc7-8)c6c5)cc4c4cc5ccccc5cc43)cc2-c2ccc(-c3ccc4c5ccc(-c6ccc7c(c6)c6ccc8ccccc8c6n7-c6ccccc6)cc5n(-c5nc6c7c(cccc7n5)Sc5ccccc5-6)c4c3)cc21. The number of hydrogen-bond acceptors (Lipinski definition) is 6. The zero-order chi connectivity index (χ0) is 75.2. The number of fused-ring (bicyclic) bond motifs is 22. The van der Waals surface area contributed by atoms with E-state index in [0.717, 1.165) is 138 Å². The quantitative estimate of drug-likeness (QED) is 0.158. The van der Waals surface area contributed by atoms with Gasteiger partial charge in [-0.2, -0.15) is 0 Å². The molecule has 534 valence electrons. The maximum Gasteiger partial charge on any atom is 0.235 e. The monoisotopic (exact) mass is 1500 g/mol. The van der Waals surface area contributed by atoms with Crippen LogP contribution in [-0.4, -0.2) is 38.2 Å². The van der Waals surface area contributed by atoms with Crippen LogP contribution in [0, 0.1) is 0 Å². The third-order valence-corrected chi connectivity index (χ3v) is 27.4. The Hall–Kier alpha value is -14.2. The molecule has 0 bridgehead atoms. The predicted octanol–water partition coefficient (Wildman–Crippen LogP) is 27.8. The van der Waals surface area contributed by atoms with E-state index in [4.69, 9.17) is 19.9 Å². The number of aromatic nitrogens is 8. The van der Waals surface area contributed by atoms with Gasteiger partial charge in [0.2, 0.25) is 11.9 Å². The fourth-order valence-corrected chi connectivity index (χ4v) is 22.0. The smallest absolute Gasteiger partial charge is 0.235 e. The lowest BCUT2D eigenvalue weighted by atomic mass is 9.81. The van der Waals surface area contributed by atoms with Crippen molar-refractivity contribution in [3.05, 3.63) is 351 Å². The molecule has 26 rings (SSSR count). The second kappa shape index (κ2) is 23.5. The van der Waals surface area contributed by atoms with Crippen molar-refractivity contribution in [1.82, 2.24) is 38.2 Å². The van der Waals surface area contributed by atoms with Gasteiger partial charge in [0.15, 0.2) is 0 Å². The molecule has 0 amide bonds. The molecule has 0 unspecified atom stereocenters. The predicted molar refractivity (Wildman–Crippen MR) is 478 cm³/mol. The highest BCUT2D eigenvalue weighted by Gasteiger charge is 2.37. The first-order chi connectivity index (χ1) is 56.7. The van der Waals surface area contributed by atoms with E-state index in [9.17, 15) is 0 Å². The molecule has 6 aromatic heterocycles. The average molecular weight is 1500 g/mol. The Labute approximate surface area is 667 Å². The zero-order valence-electron chi connectivity index (χ0n) is 62.2. The van der Waals surface area contributed by atoms with Crippen molar-refractivity contribution in [3.8, 4) is 90.3 Å². The molecule has 0 fully saturated rings. The number of para-hydroxylation sites is 2. The van der Waals surface area contributed by atoms with Gasteiger partial charge in [0.05, 0.1) is 66.6 Å². The molecule has 0 spiro atoms. The van der Waals surface area contributed by atoms with Crippen LogP contribution in [0.25, 0.3) is 221 Å². The first-order valence-corrected chi connectivity index (χ1v) is 40.9. The van der Waals surface area contributed by atoms with E-state index < -0.39 is 0 Å². The lowest BCUT2D eigenvalue weighted by Gasteiger charge is -2.22. The van der Waals surface area contributed by atoms with Gasteiger partial charge in [-0.1, -0.05) is 250 Å². The number of hydrogen-bond donors (Lipinski definition) is 0. The summed E-state index contributed by atoms with van der Waals surface area (Å²) in [6.45, 7) is 4.80. The first kappa shape index (κ1) is 63.5. The molecular weight excluding hydrogens is 1440 g/mol. The molecule has 0 saturated carbocycles. The fraction of sp³-hybridized carbons (Fsp3) is 0.0286. The average Bonchev–Trinajstić information content (AvgIpc) is 1.67. The first-order valence-electron chi connectivity index (χ1n) is 39.3. The molecule has 0 saturated heterocycles. The molecule has 1 aliphatic carbocycles. The van der Waals surface area contributed by atoms with Crippen molar-refractivity contribution in [2.75, 3.05) is 0 Å². The minimum absolute atomic E-state index is 0.306. The maximum absolute atomic E-state index is 5.70. The van der Waals surface area contributed by atoms with Gasteiger partial charge in [0, 0.05) is 107 Å². The summed E-state index contributed by atoms with van der Waals surface area (Å²) < 4.78 is 9.56. The van der Waals surface area contributed by atoms with Crippen LogP contribution in [0.1, 0.15) is 25.0 Å². The molecular formula is C105H62N8S2. The highest BCUT2D eigenvalue weighted by atomic mass is 32.2. The van der Waals surface area contributed by atoms with Crippen molar-refractivity contribution >= 4 is 154 Å². The van der Waals surface area contributed by atoms with Gasteiger partial charge in [-0.15, -0.1) is 0 Å². The van der Waals surface area contributed by atoms with Crippen molar-refractivity contribution in [2.45, 2.75) is 38.8 Å². The van der Waals surface area contributed by atoms with Gasteiger partial charge >= 0.3 is 0 Å².